The van der Waals surface area contributed by atoms with Crippen LogP contribution in [0.3, 0.4) is 0 Å². The van der Waals surface area contributed by atoms with Crippen LogP contribution in [0.4, 0.5) is 0 Å². The Balaban J connectivity index is 2.04. The average Bonchev–Trinajstić information content (AvgIpc) is 2.71. The maximum atomic E-state index is 11.6. The molecule has 0 bridgehead atoms. The predicted molar refractivity (Wildman–Crippen MR) is 75.8 cm³/mol. The summed E-state index contributed by atoms with van der Waals surface area (Å²) in [5.41, 5.74) is 2.09. The number of pyridine rings is 1. The normalized spacial score (nSPS) is 13.0. The lowest BCUT2D eigenvalue weighted by Crippen LogP contribution is -2.41. The van der Waals surface area contributed by atoms with Crippen molar-refractivity contribution in [3.8, 4) is 0 Å². The zero-order valence-corrected chi connectivity index (χ0v) is 12.2. The molecule has 19 heavy (non-hydrogen) atoms. The highest BCUT2D eigenvalue weighted by atomic mass is 32.2. The second-order valence-corrected chi connectivity index (χ2v) is 7.99. The number of sulfone groups is 1. The number of rotatable bonds is 5. The Hall–Kier alpha value is -1.40. The van der Waals surface area contributed by atoms with E-state index >= 15 is 0 Å². The van der Waals surface area contributed by atoms with Gasteiger partial charge in [-0.15, -0.1) is 0 Å². The molecule has 2 rings (SSSR count). The molecule has 2 heterocycles. The van der Waals surface area contributed by atoms with Gasteiger partial charge in [0.15, 0.2) is 9.84 Å². The van der Waals surface area contributed by atoms with Gasteiger partial charge in [-0.25, -0.2) is 12.9 Å². The fraction of sp³-hybridized carbons (Fsp3) is 0.462. The zero-order chi connectivity index (χ0) is 14.1. The number of nitrogens with zero attached hydrogens (tertiary/aromatic N) is 2. The fourth-order valence-corrected chi connectivity index (χ4v) is 2.12. The third-order valence-electron chi connectivity index (χ3n) is 3.38. The Bertz CT molecular complexity index is 674. The SMILES string of the molecule is CC(C)(CNCc1cnn2ccccc12)S(C)(=O)=O. The summed E-state index contributed by atoms with van der Waals surface area (Å²) in [4.78, 5) is 0. The van der Waals surface area contributed by atoms with Gasteiger partial charge in [0.25, 0.3) is 0 Å². The molecule has 0 amide bonds. The van der Waals surface area contributed by atoms with Crippen molar-refractivity contribution in [2.45, 2.75) is 25.1 Å². The summed E-state index contributed by atoms with van der Waals surface area (Å²) in [7, 11) is -3.07. The highest BCUT2D eigenvalue weighted by Gasteiger charge is 2.29. The van der Waals surface area contributed by atoms with Crippen molar-refractivity contribution in [2.24, 2.45) is 0 Å². The van der Waals surface area contributed by atoms with Crippen LogP contribution in [0, 0.1) is 0 Å². The van der Waals surface area contributed by atoms with E-state index in [-0.39, 0.29) is 0 Å². The molecule has 0 spiro atoms. The Morgan fingerprint density at radius 2 is 2.11 bits per heavy atom. The predicted octanol–water partition coefficient (Wildman–Crippen LogP) is 1.25. The number of hydrogen-bond acceptors (Lipinski definition) is 4. The van der Waals surface area contributed by atoms with Crippen LogP contribution in [0.25, 0.3) is 5.52 Å². The molecule has 0 aromatic carbocycles. The minimum absolute atomic E-state index is 0.413. The van der Waals surface area contributed by atoms with Gasteiger partial charge in [-0.05, 0) is 26.0 Å². The molecule has 0 saturated carbocycles. The Kier molecular flexibility index (Phi) is 3.64. The first-order chi connectivity index (χ1) is 8.81. The molecule has 6 heteroatoms. The van der Waals surface area contributed by atoms with Crippen LogP contribution in [0.2, 0.25) is 0 Å². The second-order valence-electron chi connectivity index (χ2n) is 5.34. The van der Waals surface area contributed by atoms with Crippen molar-refractivity contribution in [3.05, 3.63) is 36.2 Å². The van der Waals surface area contributed by atoms with Crippen molar-refractivity contribution in [3.63, 3.8) is 0 Å². The van der Waals surface area contributed by atoms with Crippen molar-refractivity contribution in [2.75, 3.05) is 12.8 Å². The van der Waals surface area contributed by atoms with Gasteiger partial charge in [-0.3, -0.25) is 0 Å². The standard InChI is InChI=1S/C13H19N3O2S/c1-13(2,19(3,17)18)10-14-8-11-9-15-16-7-5-4-6-12(11)16/h4-7,9,14H,8,10H2,1-3H3. The van der Waals surface area contributed by atoms with Gasteiger partial charge in [-0.1, -0.05) is 6.07 Å². The molecule has 104 valence electrons. The molecule has 0 unspecified atom stereocenters. The van der Waals surface area contributed by atoms with E-state index in [4.69, 9.17) is 0 Å². The largest absolute Gasteiger partial charge is 0.311 e. The van der Waals surface area contributed by atoms with E-state index in [1.165, 1.54) is 6.26 Å². The van der Waals surface area contributed by atoms with Gasteiger partial charge in [0.1, 0.15) is 0 Å². The minimum atomic E-state index is -3.07. The van der Waals surface area contributed by atoms with Crippen molar-refractivity contribution in [1.82, 2.24) is 14.9 Å². The molecular formula is C13H19N3O2S. The smallest absolute Gasteiger partial charge is 0.153 e. The number of aromatic nitrogens is 2. The molecule has 0 aliphatic heterocycles. The van der Waals surface area contributed by atoms with Crippen LogP contribution in [0.5, 0.6) is 0 Å². The lowest BCUT2D eigenvalue weighted by molar-refractivity contribution is 0.522. The molecule has 2 aromatic rings. The Morgan fingerprint density at radius 3 is 2.79 bits per heavy atom. The minimum Gasteiger partial charge on any atom is -0.311 e. The molecule has 0 aliphatic carbocycles. The summed E-state index contributed by atoms with van der Waals surface area (Å²) in [6.45, 7) is 4.47. The zero-order valence-electron chi connectivity index (χ0n) is 11.4. The summed E-state index contributed by atoms with van der Waals surface area (Å²) in [6.07, 6.45) is 4.96. The molecule has 2 aromatic heterocycles. The Morgan fingerprint density at radius 1 is 1.37 bits per heavy atom. The molecular weight excluding hydrogens is 262 g/mol. The molecule has 0 fully saturated rings. The van der Waals surface area contributed by atoms with E-state index in [2.05, 4.69) is 10.4 Å². The first-order valence-corrected chi connectivity index (χ1v) is 8.02. The summed E-state index contributed by atoms with van der Waals surface area (Å²) in [6, 6.07) is 5.87. The van der Waals surface area contributed by atoms with Gasteiger partial charge in [0.2, 0.25) is 0 Å². The quantitative estimate of drug-likeness (QED) is 0.896. The third-order valence-corrected chi connectivity index (χ3v) is 5.53. The van der Waals surface area contributed by atoms with Gasteiger partial charge in [-0.2, -0.15) is 5.10 Å². The van der Waals surface area contributed by atoms with Crippen LogP contribution in [-0.2, 0) is 16.4 Å². The molecule has 0 atom stereocenters. The first kappa shape index (κ1) is 14.0. The fourth-order valence-electron chi connectivity index (χ4n) is 1.75. The number of fused-ring (bicyclic) bond motifs is 1. The number of nitrogens with one attached hydrogen (secondary N) is 1. The van der Waals surface area contributed by atoms with Crippen molar-refractivity contribution < 1.29 is 8.42 Å². The van der Waals surface area contributed by atoms with E-state index in [0.717, 1.165) is 11.1 Å². The van der Waals surface area contributed by atoms with E-state index < -0.39 is 14.6 Å². The highest BCUT2D eigenvalue weighted by Crippen LogP contribution is 2.14. The maximum Gasteiger partial charge on any atom is 0.153 e. The molecule has 0 saturated heterocycles. The van der Waals surface area contributed by atoms with E-state index in [1.807, 2.05) is 24.4 Å². The van der Waals surface area contributed by atoms with Crippen LogP contribution in [-0.4, -0.2) is 35.6 Å². The average molecular weight is 281 g/mol. The molecule has 0 radical (unpaired) electrons. The first-order valence-electron chi connectivity index (χ1n) is 6.13. The van der Waals surface area contributed by atoms with E-state index in [9.17, 15) is 8.42 Å². The van der Waals surface area contributed by atoms with Crippen LogP contribution in [0.15, 0.2) is 30.6 Å². The summed E-state index contributed by atoms with van der Waals surface area (Å²) >= 11 is 0. The summed E-state index contributed by atoms with van der Waals surface area (Å²) in [5.74, 6) is 0. The van der Waals surface area contributed by atoms with Crippen LogP contribution < -0.4 is 5.32 Å². The summed E-state index contributed by atoms with van der Waals surface area (Å²) < 4.78 is 24.2. The van der Waals surface area contributed by atoms with Crippen LogP contribution in [0.1, 0.15) is 19.4 Å². The van der Waals surface area contributed by atoms with Gasteiger partial charge in [0, 0.05) is 31.1 Å². The maximum absolute atomic E-state index is 11.6. The van der Waals surface area contributed by atoms with Crippen LogP contribution >= 0.6 is 0 Å². The lowest BCUT2D eigenvalue weighted by Gasteiger charge is -2.22. The topological polar surface area (TPSA) is 63.5 Å². The van der Waals surface area contributed by atoms with Gasteiger partial charge in [0.05, 0.1) is 16.5 Å². The van der Waals surface area contributed by atoms with Crippen molar-refractivity contribution in [1.29, 1.82) is 0 Å². The van der Waals surface area contributed by atoms with E-state index in [1.54, 1.807) is 24.6 Å². The summed E-state index contributed by atoms with van der Waals surface area (Å²) in [5, 5.41) is 7.44. The third kappa shape index (κ3) is 2.96. The molecule has 1 N–H and O–H groups in total. The Labute approximate surface area is 113 Å². The van der Waals surface area contributed by atoms with Gasteiger partial charge < -0.3 is 5.32 Å². The number of hydrogen-bond donors (Lipinski definition) is 1. The van der Waals surface area contributed by atoms with Crippen molar-refractivity contribution >= 4 is 15.4 Å². The lowest BCUT2D eigenvalue weighted by atomic mass is 10.2. The highest BCUT2D eigenvalue weighted by molar-refractivity contribution is 7.92. The second kappa shape index (κ2) is 4.94. The molecule has 0 aliphatic rings. The van der Waals surface area contributed by atoms with Gasteiger partial charge >= 0.3 is 0 Å². The molecule has 5 nitrogen and oxygen atoms in total. The monoisotopic (exact) mass is 281 g/mol. The van der Waals surface area contributed by atoms with E-state index in [0.29, 0.717) is 13.1 Å².